The van der Waals surface area contributed by atoms with Crippen molar-refractivity contribution < 1.29 is 24.2 Å². The standard InChI is InChI=1S/C21H21NO5S/c1-26-14-8-6-13(7-9-14)19(23)17-18(16-5-3-11-28-16)22(21(25)20(17)24)12-15-4-2-10-27-15/h3,5-9,11,15,18,23H,2,4,10,12H2,1H3/b19-17-. The predicted octanol–water partition coefficient (Wildman–Crippen LogP) is 3.36. The van der Waals surface area contributed by atoms with Crippen molar-refractivity contribution in [1.29, 1.82) is 0 Å². The average molecular weight is 399 g/mol. The van der Waals surface area contributed by atoms with Crippen LogP contribution in [0, 0.1) is 0 Å². The van der Waals surface area contributed by atoms with Crippen LogP contribution in [0.1, 0.15) is 29.3 Å². The molecule has 1 aromatic heterocycles. The third-order valence-electron chi connectivity index (χ3n) is 5.14. The summed E-state index contributed by atoms with van der Waals surface area (Å²) in [4.78, 5) is 28.0. The second-order valence-corrected chi connectivity index (χ2v) is 7.81. The zero-order chi connectivity index (χ0) is 19.7. The highest BCUT2D eigenvalue weighted by atomic mass is 32.1. The molecule has 0 bridgehead atoms. The summed E-state index contributed by atoms with van der Waals surface area (Å²) in [5.74, 6) is -0.784. The smallest absolute Gasteiger partial charge is 0.295 e. The van der Waals surface area contributed by atoms with Gasteiger partial charge in [0.2, 0.25) is 0 Å². The number of aliphatic hydroxyl groups is 1. The Morgan fingerprint density at radius 3 is 2.68 bits per heavy atom. The molecule has 3 heterocycles. The quantitative estimate of drug-likeness (QED) is 0.474. The van der Waals surface area contributed by atoms with E-state index in [4.69, 9.17) is 9.47 Å². The Morgan fingerprint density at radius 1 is 1.29 bits per heavy atom. The fraction of sp³-hybridized carbons (Fsp3) is 0.333. The summed E-state index contributed by atoms with van der Waals surface area (Å²) in [7, 11) is 1.56. The molecule has 146 valence electrons. The molecule has 6 nitrogen and oxygen atoms in total. The normalized spacial score (nSPS) is 24.1. The summed E-state index contributed by atoms with van der Waals surface area (Å²) in [6.07, 6.45) is 1.73. The first-order valence-electron chi connectivity index (χ1n) is 9.18. The van der Waals surface area contributed by atoms with Gasteiger partial charge in [0.1, 0.15) is 11.5 Å². The number of benzene rings is 1. The average Bonchev–Trinajstić information content (AvgIpc) is 3.46. The van der Waals surface area contributed by atoms with E-state index in [1.807, 2.05) is 17.5 Å². The number of rotatable bonds is 5. The van der Waals surface area contributed by atoms with Crippen LogP contribution >= 0.6 is 11.3 Å². The van der Waals surface area contributed by atoms with Gasteiger partial charge in [-0.25, -0.2) is 0 Å². The van der Waals surface area contributed by atoms with Crippen molar-refractivity contribution in [2.75, 3.05) is 20.3 Å². The molecule has 2 fully saturated rings. The lowest BCUT2D eigenvalue weighted by molar-refractivity contribution is -0.140. The number of ketones is 1. The van der Waals surface area contributed by atoms with Gasteiger partial charge in [0, 0.05) is 23.6 Å². The lowest BCUT2D eigenvalue weighted by atomic mass is 9.99. The zero-order valence-corrected chi connectivity index (χ0v) is 16.3. The highest BCUT2D eigenvalue weighted by Gasteiger charge is 2.47. The minimum Gasteiger partial charge on any atom is -0.507 e. The molecule has 1 aromatic carbocycles. The van der Waals surface area contributed by atoms with Crippen LogP contribution in [0.25, 0.3) is 5.76 Å². The van der Waals surface area contributed by atoms with E-state index < -0.39 is 17.7 Å². The van der Waals surface area contributed by atoms with Gasteiger partial charge < -0.3 is 19.5 Å². The summed E-state index contributed by atoms with van der Waals surface area (Å²) in [6.45, 7) is 1.01. The molecular formula is C21H21NO5S. The van der Waals surface area contributed by atoms with Crippen LogP contribution in [0.15, 0.2) is 47.4 Å². The van der Waals surface area contributed by atoms with Crippen LogP contribution in [0.5, 0.6) is 5.75 Å². The third-order valence-corrected chi connectivity index (χ3v) is 6.07. The van der Waals surface area contributed by atoms with E-state index in [1.165, 1.54) is 11.3 Å². The molecule has 2 aliphatic heterocycles. The fourth-order valence-electron chi connectivity index (χ4n) is 3.72. The minimum atomic E-state index is -0.662. The monoisotopic (exact) mass is 399 g/mol. The van der Waals surface area contributed by atoms with Crippen LogP contribution in [0.3, 0.4) is 0 Å². The van der Waals surface area contributed by atoms with Crippen LogP contribution in [0.4, 0.5) is 0 Å². The van der Waals surface area contributed by atoms with Crippen molar-refractivity contribution in [3.05, 3.63) is 57.8 Å². The molecule has 1 amide bonds. The Bertz CT molecular complexity index is 897. The number of hydrogen-bond acceptors (Lipinski definition) is 6. The first-order chi connectivity index (χ1) is 13.6. The largest absolute Gasteiger partial charge is 0.507 e. The zero-order valence-electron chi connectivity index (χ0n) is 15.5. The molecule has 0 saturated carbocycles. The molecule has 1 N–H and O–H groups in total. The van der Waals surface area contributed by atoms with Gasteiger partial charge in [-0.1, -0.05) is 6.07 Å². The Balaban J connectivity index is 1.76. The Kier molecular flexibility index (Phi) is 5.19. The maximum atomic E-state index is 12.9. The number of nitrogens with zero attached hydrogens (tertiary/aromatic N) is 1. The van der Waals surface area contributed by atoms with E-state index in [-0.39, 0.29) is 17.4 Å². The highest BCUT2D eigenvalue weighted by Crippen LogP contribution is 2.41. The molecule has 2 unspecified atom stereocenters. The number of likely N-dealkylation sites (tertiary alicyclic amines) is 1. The van der Waals surface area contributed by atoms with Crippen molar-refractivity contribution in [3.63, 3.8) is 0 Å². The SMILES string of the molecule is COc1ccc(/C(O)=C2/C(=O)C(=O)N(CC3CCCO3)C2c2cccs2)cc1. The van der Waals surface area contributed by atoms with E-state index in [1.54, 1.807) is 36.3 Å². The van der Waals surface area contributed by atoms with Crippen molar-refractivity contribution in [2.45, 2.75) is 25.0 Å². The van der Waals surface area contributed by atoms with Gasteiger partial charge in [-0.3, -0.25) is 9.59 Å². The highest BCUT2D eigenvalue weighted by molar-refractivity contribution is 7.10. The van der Waals surface area contributed by atoms with Crippen LogP contribution in [-0.4, -0.2) is 48.1 Å². The molecule has 2 aromatic rings. The number of thiophene rings is 1. The maximum Gasteiger partial charge on any atom is 0.295 e. The number of hydrogen-bond donors (Lipinski definition) is 1. The van der Waals surface area contributed by atoms with Crippen LogP contribution in [0.2, 0.25) is 0 Å². The van der Waals surface area contributed by atoms with E-state index in [2.05, 4.69) is 0 Å². The summed E-state index contributed by atoms with van der Waals surface area (Å²) in [5.41, 5.74) is 0.591. The van der Waals surface area contributed by atoms with Gasteiger partial charge in [0.05, 0.1) is 24.8 Å². The van der Waals surface area contributed by atoms with E-state index in [0.717, 1.165) is 17.7 Å². The fourth-order valence-corrected chi connectivity index (χ4v) is 4.57. The van der Waals surface area contributed by atoms with Gasteiger partial charge in [-0.15, -0.1) is 11.3 Å². The number of aliphatic hydroxyl groups excluding tert-OH is 1. The number of carbonyl (C=O) groups is 2. The lowest BCUT2D eigenvalue weighted by Gasteiger charge is -2.26. The summed E-state index contributed by atoms with van der Waals surface area (Å²) < 4.78 is 10.8. The van der Waals surface area contributed by atoms with Gasteiger partial charge >= 0.3 is 0 Å². The minimum absolute atomic E-state index is 0.0818. The first kappa shape index (κ1) is 18.7. The summed E-state index contributed by atoms with van der Waals surface area (Å²) in [6, 6.07) is 9.91. The molecular weight excluding hydrogens is 378 g/mol. The molecule has 0 aliphatic carbocycles. The second-order valence-electron chi connectivity index (χ2n) is 6.83. The van der Waals surface area contributed by atoms with Gasteiger partial charge in [-0.2, -0.15) is 0 Å². The van der Waals surface area contributed by atoms with Crippen molar-refractivity contribution in [2.24, 2.45) is 0 Å². The molecule has 0 spiro atoms. The Hall–Kier alpha value is -2.64. The molecule has 28 heavy (non-hydrogen) atoms. The Labute approximate surface area is 167 Å². The molecule has 0 radical (unpaired) electrons. The topological polar surface area (TPSA) is 76.1 Å². The molecule has 7 heteroatoms. The number of amides is 1. The summed E-state index contributed by atoms with van der Waals surface area (Å²) >= 11 is 1.46. The molecule has 2 aliphatic rings. The summed E-state index contributed by atoms with van der Waals surface area (Å²) in [5, 5.41) is 12.8. The molecule has 2 saturated heterocycles. The van der Waals surface area contributed by atoms with E-state index in [9.17, 15) is 14.7 Å². The third kappa shape index (κ3) is 3.31. The number of Topliss-reactive ketones (excluding diaryl/α,β-unsaturated/α-hetero) is 1. The van der Waals surface area contributed by atoms with Crippen LogP contribution in [-0.2, 0) is 14.3 Å². The van der Waals surface area contributed by atoms with Crippen molar-refractivity contribution in [1.82, 2.24) is 4.90 Å². The van der Waals surface area contributed by atoms with Crippen molar-refractivity contribution >= 4 is 28.8 Å². The van der Waals surface area contributed by atoms with E-state index in [0.29, 0.717) is 24.5 Å². The number of methoxy groups -OCH3 is 1. The first-order valence-corrected chi connectivity index (χ1v) is 10.1. The van der Waals surface area contributed by atoms with Crippen molar-refractivity contribution in [3.8, 4) is 5.75 Å². The maximum absolute atomic E-state index is 12.9. The van der Waals surface area contributed by atoms with Gasteiger partial charge in [0.25, 0.3) is 11.7 Å². The van der Waals surface area contributed by atoms with E-state index >= 15 is 0 Å². The van der Waals surface area contributed by atoms with Gasteiger partial charge in [0.15, 0.2) is 0 Å². The second kappa shape index (κ2) is 7.77. The Morgan fingerprint density at radius 2 is 2.07 bits per heavy atom. The number of ether oxygens (including phenoxy) is 2. The number of carbonyl (C=O) groups excluding carboxylic acids is 2. The van der Waals surface area contributed by atoms with Gasteiger partial charge in [-0.05, 0) is 48.6 Å². The molecule has 4 rings (SSSR count). The molecule has 2 atom stereocenters. The lowest BCUT2D eigenvalue weighted by Crippen LogP contribution is -2.36. The predicted molar refractivity (Wildman–Crippen MR) is 105 cm³/mol. The van der Waals surface area contributed by atoms with Crippen LogP contribution < -0.4 is 4.74 Å².